The summed E-state index contributed by atoms with van der Waals surface area (Å²) in [5.74, 6) is -0.0210. The van der Waals surface area contributed by atoms with E-state index in [9.17, 15) is 4.79 Å². The zero-order valence-corrected chi connectivity index (χ0v) is 12.0. The van der Waals surface area contributed by atoms with Crippen molar-refractivity contribution in [2.45, 2.75) is 32.7 Å². The third kappa shape index (κ3) is 2.31. The fraction of sp³-hybridized carbons (Fsp3) is 0.438. The van der Waals surface area contributed by atoms with Crippen LogP contribution in [0.2, 0.25) is 0 Å². The van der Waals surface area contributed by atoms with Crippen LogP contribution in [0.4, 0.5) is 0 Å². The standard InChI is InChI=1S/C16H20N2O2/c1-10-11(2)17-15-13(10)6-3-7-14(15)16(19)18-12-5-4-8-20-9-12/h3,6-7,12,17H,4-5,8-9H2,1-2H3,(H,18,19). The van der Waals surface area contributed by atoms with Crippen LogP contribution in [0.1, 0.15) is 34.5 Å². The number of carbonyl (C=O) groups is 1. The fourth-order valence-corrected chi connectivity index (χ4v) is 2.79. The molecule has 2 aromatic rings. The molecule has 1 unspecified atom stereocenters. The van der Waals surface area contributed by atoms with E-state index in [1.165, 1.54) is 5.56 Å². The Kier molecular flexibility index (Phi) is 3.49. The fourth-order valence-electron chi connectivity index (χ4n) is 2.79. The lowest BCUT2D eigenvalue weighted by Crippen LogP contribution is -2.40. The average molecular weight is 272 g/mol. The van der Waals surface area contributed by atoms with Crippen molar-refractivity contribution >= 4 is 16.8 Å². The Balaban J connectivity index is 1.89. The number of ether oxygens (including phenoxy) is 1. The zero-order chi connectivity index (χ0) is 14.1. The van der Waals surface area contributed by atoms with Gasteiger partial charge in [-0.15, -0.1) is 0 Å². The van der Waals surface area contributed by atoms with Crippen molar-refractivity contribution in [3.63, 3.8) is 0 Å². The van der Waals surface area contributed by atoms with E-state index in [1.807, 2.05) is 19.1 Å². The van der Waals surface area contributed by atoms with Gasteiger partial charge in [-0.3, -0.25) is 4.79 Å². The Labute approximate surface area is 118 Å². The van der Waals surface area contributed by atoms with E-state index in [0.717, 1.165) is 36.0 Å². The first kappa shape index (κ1) is 13.2. The van der Waals surface area contributed by atoms with Crippen LogP contribution in [0.15, 0.2) is 18.2 Å². The Hall–Kier alpha value is -1.81. The van der Waals surface area contributed by atoms with Gasteiger partial charge >= 0.3 is 0 Å². The number of nitrogens with one attached hydrogen (secondary N) is 2. The van der Waals surface area contributed by atoms with Gasteiger partial charge in [-0.2, -0.15) is 0 Å². The number of carbonyl (C=O) groups excluding carboxylic acids is 1. The van der Waals surface area contributed by atoms with Crippen molar-refractivity contribution in [1.29, 1.82) is 0 Å². The number of benzene rings is 1. The molecule has 0 radical (unpaired) electrons. The molecule has 106 valence electrons. The molecule has 1 aromatic carbocycles. The van der Waals surface area contributed by atoms with E-state index in [-0.39, 0.29) is 11.9 Å². The summed E-state index contributed by atoms with van der Waals surface area (Å²) in [6.07, 6.45) is 2.00. The number of aromatic nitrogens is 1. The van der Waals surface area contributed by atoms with Crippen molar-refractivity contribution in [3.05, 3.63) is 35.0 Å². The third-order valence-electron chi connectivity index (χ3n) is 4.08. The van der Waals surface area contributed by atoms with Gasteiger partial charge in [0.2, 0.25) is 0 Å². The van der Waals surface area contributed by atoms with Gasteiger partial charge in [-0.25, -0.2) is 0 Å². The first-order chi connectivity index (χ1) is 9.66. The van der Waals surface area contributed by atoms with Gasteiger partial charge in [0.25, 0.3) is 5.91 Å². The Morgan fingerprint density at radius 1 is 1.40 bits per heavy atom. The van der Waals surface area contributed by atoms with Gasteiger partial charge in [0, 0.05) is 17.7 Å². The van der Waals surface area contributed by atoms with E-state index < -0.39 is 0 Å². The van der Waals surface area contributed by atoms with Crippen molar-refractivity contribution in [2.24, 2.45) is 0 Å². The second kappa shape index (κ2) is 5.29. The topological polar surface area (TPSA) is 54.1 Å². The molecule has 1 aromatic heterocycles. The highest BCUT2D eigenvalue weighted by Crippen LogP contribution is 2.24. The maximum atomic E-state index is 12.5. The van der Waals surface area contributed by atoms with Gasteiger partial charge in [-0.05, 0) is 38.3 Å². The summed E-state index contributed by atoms with van der Waals surface area (Å²) >= 11 is 0. The molecule has 1 aliphatic rings. The Morgan fingerprint density at radius 2 is 2.25 bits per heavy atom. The van der Waals surface area contributed by atoms with Gasteiger partial charge in [-0.1, -0.05) is 12.1 Å². The number of hydrogen-bond acceptors (Lipinski definition) is 2. The smallest absolute Gasteiger partial charge is 0.253 e. The summed E-state index contributed by atoms with van der Waals surface area (Å²) in [5, 5.41) is 4.19. The molecule has 4 heteroatoms. The lowest BCUT2D eigenvalue weighted by atomic mass is 10.1. The van der Waals surface area contributed by atoms with Gasteiger partial charge in [0.15, 0.2) is 0 Å². The normalized spacial score (nSPS) is 19.2. The van der Waals surface area contributed by atoms with E-state index in [1.54, 1.807) is 0 Å². The summed E-state index contributed by atoms with van der Waals surface area (Å²) in [6, 6.07) is 5.99. The monoisotopic (exact) mass is 272 g/mol. The molecule has 1 amide bonds. The second-order valence-corrected chi connectivity index (χ2v) is 5.49. The molecule has 1 saturated heterocycles. The highest BCUT2D eigenvalue weighted by Gasteiger charge is 2.19. The van der Waals surface area contributed by atoms with Crippen molar-refractivity contribution in [2.75, 3.05) is 13.2 Å². The molecule has 1 atom stereocenters. The van der Waals surface area contributed by atoms with Gasteiger partial charge < -0.3 is 15.0 Å². The molecule has 0 aliphatic carbocycles. The average Bonchev–Trinajstić information content (AvgIpc) is 2.75. The molecule has 1 aliphatic heterocycles. The zero-order valence-electron chi connectivity index (χ0n) is 12.0. The van der Waals surface area contributed by atoms with Crippen molar-refractivity contribution < 1.29 is 9.53 Å². The summed E-state index contributed by atoms with van der Waals surface area (Å²) in [7, 11) is 0. The lowest BCUT2D eigenvalue weighted by molar-refractivity contribution is 0.0625. The van der Waals surface area contributed by atoms with Crippen LogP contribution in [0.25, 0.3) is 10.9 Å². The maximum absolute atomic E-state index is 12.5. The molecular formula is C16H20N2O2. The van der Waals surface area contributed by atoms with E-state index >= 15 is 0 Å². The molecular weight excluding hydrogens is 252 g/mol. The van der Waals surface area contributed by atoms with Crippen LogP contribution in [0.5, 0.6) is 0 Å². The molecule has 0 spiro atoms. The number of hydrogen-bond donors (Lipinski definition) is 2. The van der Waals surface area contributed by atoms with Crippen LogP contribution >= 0.6 is 0 Å². The number of aryl methyl sites for hydroxylation is 2. The number of rotatable bonds is 2. The molecule has 20 heavy (non-hydrogen) atoms. The molecule has 3 rings (SSSR count). The van der Waals surface area contributed by atoms with Crippen LogP contribution in [0.3, 0.4) is 0 Å². The lowest BCUT2D eigenvalue weighted by Gasteiger charge is -2.23. The summed E-state index contributed by atoms with van der Waals surface area (Å²) in [4.78, 5) is 15.8. The second-order valence-electron chi connectivity index (χ2n) is 5.49. The van der Waals surface area contributed by atoms with Crippen molar-refractivity contribution in [3.8, 4) is 0 Å². The van der Waals surface area contributed by atoms with Crippen molar-refractivity contribution in [1.82, 2.24) is 10.3 Å². The van der Waals surface area contributed by atoms with Crippen LogP contribution < -0.4 is 5.32 Å². The number of fused-ring (bicyclic) bond motifs is 1. The Morgan fingerprint density at radius 3 is 3.00 bits per heavy atom. The number of H-pyrrole nitrogens is 1. The first-order valence-corrected chi connectivity index (χ1v) is 7.13. The molecule has 0 saturated carbocycles. The molecule has 0 bridgehead atoms. The van der Waals surface area contributed by atoms with Gasteiger partial charge in [0.05, 0.1) is 23.7 Å². The highest BCUT2D eigenvalue weighted by atomic mass is 16.5. The summed E-state index contributed by atoms with van der Waals surface area (Å²) in [5.41, 5.74) is 3.96. The van der Waals surface area contributed by atoms with Crippen LogP contribution in [0, 0.1) is 13.8 Å². The molecule has 2 heterocycles. The van der Waals surface area contributed by atoms with Crippen LogP contribution in [-0.4, -0.2) is 30.1 Å². The van der Waals surface area contributed by atoms with E-state index in [4.69, 9.17) is 4.74 Å². The predicted molar refractivity (Wildman–Crippen MR) is 79.1 cm³/mol. The van der Waals surface area contributed by atoms with Crippen LogP contribution in [-0.2, 0) is 4.74 Å². The molecule has 2 N–H and O–H groups in total. The third-order valence-corrected chi connectivity index (χ3v) is 4.08. The first-order valence-electron chi connectivity index (χ1n) is 7.13. The number of aromatic amines is 1. The highest BCUT2D eigenvalue weighted by molar-refractivity contribution is 6.06. The van der Waals surface area contributed by atoms with E-state index in [2.05, 4.69) is 23.3 Å². The SMILES string of the molecule is Cc1[nH]c2c(C(=O)NC3CCCOC3)cccc2c1C. The number of para-hydroxylation sites is 1. The molecule has 4 nitrogen and oxygen atoms in total. The largest absolute Gasteiger partial charge is 0.379 e. The quantitative estimate of drug-likeness (QED) is 0.883. The van der Waals surface area contributed by atoms with E-state index in [0.29, 0.717) is 12.2 Å². The summed E-state index contributed by atoms with van der Waals surface area (Å²) < 4.78 is 5.41. The number of amides is 1. The minimum absolute atomic E-state index is 0.0210. The Bertz CT molecular complexity index is 639. The maximum Gasteiger partial charge on any atom is 0.253 e. The van der Waals surface area contributed by atoms with Gasteiger partial charge in [0.1, 0.15) is 0 Å². The minimum Gasteiger partial charge on any atom is -0.379 e. The summed E-state index contributed by atoms with van der Waals surface area (Å²) in [6.45, 7) is 5.53. The minimum atomic E-state index is -0.0210. The molecule has 1 fully saturated rings. The predicted octanol–water partition coefficient (Wildman–Crippen LogP) is 2.69.